The first-order valence-corrected chi connectivity index (χ1v) is 7.97. The van der Waals surface area contributed by atoms with Crippen LogP contribution in [-0.2, 0) is 0 Å². The number of rotatable bonds is 3. The van der Waals surface area contributed by atoms with Crippen molar-refractivity contribution in [2.24, 2.45) is 5.92 Å². The molecule has 1 saturated heterocycles. The van der Waals surface area contributed by atoms with E-state index in [0.29, 0.717) is 6.04 Å². The number of nitrogens with one attached hydrogen (secondary N) is 1. The maximum Gasteiger partial charge on any atom is 0.0367 e. The Morgan fingerprint density at radius 1 is 1.33 bits per heavy atom. The molecule has 1 aliphatic rings. The molecule has 1 aromatic rings. The molecule has 0 aliphatic carbocycles. The van der Waals surface area contributed by atoms with Crippen molar-refractivity contribution in [3.63, 3.8) is 0 Å². The van der Waals surface area contributed by atoms with E-state index >= 15 is 0 Å². The first-order chi connectivity index (χ1) is 8.65. The smallest absolute Gasteiger partial charge is 0.0367 e. The Labute approximate surface area is 124 Å². The van der Waals surface area contributed by atoms with Gasteiger partial charge in [0.2, 0.25) is 0 Å². The minimum atomic E-state index is 0.631. The van der Waals surface area contributed by atoms with Gasteiger partial charge in [-0.3, -0.25) is 0 Å². The van der Waals surface area contributed by atoms with Crippen LogP contribution in [0.1, 0.15) is 26.7 Å². The largest absolute Gasteiger partial charge is 0.370 e. The van der Waals surface area contributed by atoms with Crippen LogP contribution in [0, 0.1) is 9.49 Å². The minimum absolute atomic E-state index is 0.631. The van der Waals surface area contributed by atoms with Crippen LogP contribution >= 0.6 is 22.6 Å². The molecule has 1 N–H and O–H groups in total. The number of benzene rings is 1. The molecule has 0 saturated carbocycles. The van der Waals surface area contributed by atoms with Gasteiger partial charge in [-0.25, -0.2) is 0 Å². The summed E-state index contributed by atoms with van der Waals surface area (Å²) in [5, 5.41) is 3.68. The number of nitrogens with zero attached hydrogens (tertiary/aromatic N) is 1. The maximum atomic E-state index is 3.68. The number of hydrogen-bond acceptors (Lipinski definition) is 2. The van der Waals surface area contributed by atoms with Crippen LogP contribution in [0.25, 0.3) is 0 Å². The quantitative estimate of drug-likeness (QED) is 0.832. The standard InChI is InChI=1S/C15H23IN2/c1-12(2)10-14-11-18(9-3-8-17-14)15-6-4-13(16)5-7-15/h4-7,12,14,17H,3,8-11H2,1-2H3. The average molecular weight is 358 g/mol. The molecular weight excluding hydrogens is 335 g/mol. The van der Waals surface area contributed by atoms with Gasteiger partial charge in [0.25, 0.3) is 0 Å². The normalized spacial score (nSPS) is 21.1. The van der Waals surface area contributed by atoms with E-state index in [9.17, 15) is 0 Å². The van der Waals surface area contributed by atoms with Crippen LogP contribution in [0.15, 0.2) is 24.3 Å². The second kappa shape index (κ2) is 6.75. The highest BCUT2D eigenvalue weighted by molar-refractivity contribution is 14.1. The van der Waals surface area contributed by atoms with E-state index < -0.39 is 0 Å². The van der Waals surface area contributed by atoms with Crippen LogP contribution in [0.2, 0.25) is 0 Å². The summed E-state index contributed by atoms with van der Waals surface area (Å²) in [5.74, 6) is 0.763. The molecule has 100 valence electrons. The average Bonchev–Trinajstić information content (AvgIpc) is 2.55. The Kier molecular flexibility index (Phi) is 5.30. The van der Waals surface area contributed by atoms with Crippen molar-refractivity contribution in [1.82, 2.24) is 5.32 Å². The van der Waals surface area contributed by atoms with Gasteiger partial charge in [-0.2, -0.15) is 0 Å². The molecule has 1 atom stereocenters. The molecule has 1 heterocycles. The SMILES string of the molecule is CC(C)CC1CN(c2ccc(I)cc2)CCCN1. The molecule has 0 radical (unpaired) electrons. The third kappa shape index (κ3) is 4.12. The van der Waals surface area contributed by atoms with Gasteiger partial charge in [0, 0.05) is 28.4 Å². The van der Waals surface area contributed by atoms with Crippen molar-refractivity contribution in [3.8, 4) is 0 Å². The molecule has 18 heavy (non-hydrogen) atoms. The molecule has 0 spiro atoms. The monoisotopic (exact) mass is 358 g/mol. The predicted molar refractivity (Wildman–Crippen MR) is 87.2 cm³/mol. The Hall–Kier alpha value is -0.290. The molecule has 0 bridgehead atoms. The van der Waals surface area contributed by atoms with E-state index in [2.05, 4.69) is 70.9 Å². The fraction of sp³-hybridized carbons (Fsp3) is 0.600. The lowest BCUT2D eigenvalue weighted by Gasteiger charge is -2.27. The first kappa shape index (κ1) is 14.1. The molecule has 3 heteroatoms. The third-order valence-electron chi connectivity index (χ3n) is 3.43. The summed E-state index contributed by atoms with van der Waals surface area (Å²) in [5.41, 5.74) is 1.37. The lowest BCUT2D eigenvalue weighted by atomic mass is 10.0. The fourth-order valence-corrected chi connectivity index (χ4v) is 2.97. The van der Waals surface area contributed by atoms with Gasteiger partial charge in [0.15, 0.2) is 0 Å². The summed E-state index contributed by atoms with van der Waals surface area (Å²) in [6, 6.07) is 9.53. The molecule has 1 aromatic carbocycles. The van der Waals surface area contributed by atoms with E-state index in [1.807, 2.05) is 0 Å². The van der Waals surface area contributed by atoms with Crippen molar-refractivity contribution in [1.29, 1.82) is 0 Å². The van der Waals surface area contributed by atoms with E-state index in [0.717, 1.165) is 19.0 Å². The molecule has 1 aliphatic heterocycles. The van der Waals surface area contributed by atoms with Crippen molar-refractivity contribution >= 4 is 28.3 Å². The zero-order chi connectivity index (χ0) is 13.0. The molecule has 1 unspecified atom stereocenters. The van der Waals surface area contributed by atoms with E-state index in [-0.39, 0.29) is 0 Å². The van der Waals surface area contributed by atoms with Gasteiger partial charge >= 0.3 is 0 Å². The highest BCUT2D eigenvalue weighted by atomic mass is 127. The van der Waals surface area contributed by atoms with E-state index in [1.165, 1.54) is 28.6 Å². The first-order valence-electron chi connectivity index (χ1n) is 6.89. The molecule has 2 rings (SSSR count). The highest BCUT2D eigenvalue weighted by Crippen LogP contribution is 2.19. The van der Waals surface area contributed by atoms with Crippen molar-refractivity contribution < 1.29 is 0 Å². The van der Waals surface area contributed by atoms with Crippen LogP contribution < -0.4 is 10.2 Å². The second-order valence-corrected chi connectivity index (χ2v) is 6.80. The topological polar surface area (TPSA) is 15.3 Å². The summed E-state index contributed by atoms with van der Waals surface area (Å²) in [7, 11) is 0. The van der Waals surface area contributed by atoms with Crippen LogP contribution in [0.5, 0.6) is 0 Å². The van der Waals surface area contributed by atoms with Gasteiger partial charge in [-0.15, -0.1) is 0 Å². The number of halogens is 1. The number of hydrogen-bond donors (Lipinski definition) is 1. The molecular formula is C15H23IN2. The summed E-state index contributed by atoms with van der Waals surface area (Å²) in [6.45, 7) is 8.07. The summed E-state index contributed by atoms with van der Waals surface area (Å²) in [4.78, 5) is 2.53. The van der Waals surface area contributed by atoms with Crippen LogP contribution in [0.3, 0.4) is 0 Å². The Morgan fingerprint density at radius 3 is 2.72 bits per heavy atom. The summed E-state index contributed by atoms with van der Waals surface area (Å²) < 4.78 is 1.31. The van der Waals surface area contributed by atoms with Gasteiger partial charge in [-0.05, 0) is 72.2 Å². The van der Waals surface area contributed by atoms with Crippen molar-refractivity contribution in [2.75, 3.05) is 24.5 Å². The maximum absolute atomic E-state index is 3.68. The molecule has 1 fully saturated rings. The molecule has 0 amide bonds. The van der Waals surface area contributed by atoms with Crippen LogP contribution in [-0.4, -0.2) is 25.7 Å². The molecule has 2 nitrogen and oxygen atoms in total. The van der Waals surface area contributed by atoms with Crippen molar-refractivity contribution in [2.45, 2.75) is 32.7 Å². The zero-order valence-corrected chi connectivity index (χ0v) is 13.5. The van der Waals surface area contributed by atoms with Gasteiger partial charge < -0.3 is 10.2 Å². The Morgan fingerprint density at radius 2 is 2.06 bits per heavy atom. The molecule has 0 aromatic heterocycles. The summed E-state index contributed by atoms with van der Waals surface area (Å²) in [6.07, 6.45) is 2.50. The highest BCUT2D eigenvalue weighted by Gasteiger charge is 2.18. The lowest BCUT2D eigenvalue weighted by Crippen LogP contribution is -2.38. The second-order valence-electron chi connectivity index (χ2n) is 5.56. The minimum Gasteiger partial charge on any atom is -0.370 e. The van der Waals surface area contributed by atoms with Crippen molar-refractivity contribution in [3.05, 3.63) is 27.8 Å². The van der Waals surface area contributed by atoms with Gasteiger partial charge in [0.05, 0.1) is 0 Å². The number of anilines is 1. The fourth-order valence-electron chi connectivity index (χ4n) is 2.61. The predicted octanol–water partition coefficient (Wildman–Crippen LogP) is 3.51. The Bertz CT molecular complexity index is 361. The van der Waals surface area contributed by atoms with Gasteiger partial charge in [-0.1, -0.05) is 13.8 Å². The van der Waals surface area contributed by atoms with Gasteiger partial charge in [0.1, 0.15) is 0 Å². The third-order valence-corrected chi connectivity index (χ3v) is 4.15. The van der Waals surface area contributed by atoms with E-state index in [1.54, 1.807) is 0 Å². The zero-order valence-electron chi connectivity index (χ0n) is 11.3. The van der Waals surface area contributed by atoms with Crippen LogP contribution in [0.4, 0.5) is 5.69 Å². The lowest BCUT2D eigenvalue weighted by molar-refractivity contribution is 0.436. The van der Waals surface area contributed by atoms with E-state index in [4.69, 9.17) is 0 Å². The Balaban J connectivity index is 2.04. The summed E-state index contributed by atoms with van der Waals surface area (Å²) >= 11 is 2.36.